The van der Waals surface area contributed by atoms with Crippen molar-refractivity contribution >= 4 is 33.7 Å². The molecule has 0 saturated heterocycles. The van der Waals surface area contributed by atoms with Gasteiger partial charge in [-0.2, -0.15) is 10.5 Å². The van der Waals surface area contributed by atoms with Gasteiger partial charge in [0.05, 0.1) is 34.5 Å². The molecule has 0 fully saturated rings. The molecule has 6 heteroatoms. The fraction of sp³-hybridized carbons (Fsp3) is 0.194. The van der Waals surface area contributed by atoms with Crippen LogP contribution in [0.5, 0.6) is 0 Å². The van der Waals surface area contributed by atoms with Crippen molar-refractivity contribution in [2.75, 3.05) is 4.90 Å². The average molecular weight is 487 g/mol. The number of hydrogen-bond acceptors (Lipinski definition) is 5. The lowest BCUT2D eigenvalue weighted by atomic mass is 9.84. The third-order valence-electron chi connectivity index (χ3n) is 7.55. The Morgan fingerprint density at radius 2 is 1.24 bits per heavy atom. The van der Waals surface area contributed by atoms with E-state index in [9.17, 15) is 10.5 Å². The number of nitrogens with zero attached hydrogens (tertiary/aromatic N) is 5. The maximum atomic E-state index is 9.30. The van der Waals surface area contributed by atoms with Crippen LogP contribution >= 0.6 is 0 Å². The first-order chi connectivity index (χ1) is 17.7. The molecule has 5 rings (SSSR count). The number of aliphatic imine (C=N–C) groups is 1. The van der Waals surface area contributed by atoms with Gasteiger partial charge in [0.2, 0.25) is 5.84 Å². The standard InChI is InChI=1S/C31H27N5O/c1-30(2)31(3,4)36(37)29(34-30)27-17-18-28(26-8-6-5-7-25(26)27)35(23-13-9-21(19-32)10-14-23)24-15-11-22(20-33)12-16-24/h5-18,37H,1-4H3/p+1. The van der Waals surface area contributed by atoms with Gasteiger partial charge >= 0.3 is 0 Å². The Morgan fingerprint density at radius 1 is 0.730 bits per heavy atom. The first-order valence-electron chi connectivity index (χ1n) is 12.1. The minimum atomic E-state index is -0.459. The Balaban J connectivity index is 1.73. The zero-order chi connectivity index (χ0) is 26.4. The van der Waals surface area contributed by atoms with Gasteiger partial charge in [0.25, 0.3) is 0 Å². The molecule has 4 aromatic carbocycles. The maximum absolute atomic E-state index is 9.30. The van der Waals surface area contributed by atoms with E-state index in [1.165, 1.54) is 5.06 Å². The molecule has 1 aliphatic heterocycles. The molecule has 37 heavy (non-hydrogen) atoms. The van der Waals surface area contributed by atoms with Crippen LogP contribution in [0.4, 0.5) is 17.1 Å². The van der Waals surface area contributed by atoms with E-state index in [2.05, 4.69) is 49.1 Å². The maximum Gasteiger partial charge on any atom is 0.201 e. The van der Waals surface area contributed by atoms with Gasteiger partial charge < -0.3 is 10.1 Å². The lowest BCUT2D eigenvalue weighted by Gasteiger charge is -2.33. The second-order valence-corrected chi connectivity index (χ2v) is 10.2. The van der Waals surface area contributed by atoms with Crippen molar-refractivity contribution in [3.8, 4) is 12.1 Å². The third-order valence-corrected chi connectivity index (χ3v) is 7.55. The largest absolute Gasteiger partial charge is 0.310 e. The van der Waals surface area contributed by atoms with E-state index in [1.54, 1.807) is 24.3 Å². The van der Waals surface area contributed by atoms with E-state index in [-0.39, 0.29) is 0 Å². The summed E-state index contributed by atoms with van der Waals surface area (Å²) in [6.07, 6.45) is 0. The van der Waals surface area contributed by atoms with Crippen molar-refractivity contribution in [3.63, 3.8) is 0 Å². The monoisotopic (exact) mass is 486 g/mol. The average Bonchev–Trinajstić information content (AvgIpc) is 3.08. The number of hydrogen-bond donors (Lipinski definition) is 0. The number of amidine groups is 1. The molecule has 0 atom stereocenters. The number of hydroxylamine groups is 2. The Kier molecular flexibility index (Phi) is 5.71. The van der Waals surface area contributed by atoms with E-state index in [0.717, 1.165) is 33.4 Å². The normalized spacial score (nSPS) is 15.6. The topological polar surface area (TPSA) is 89.3 Å². The van der Waals surface area contributed by atoms with Crippen LogP contribution in [0.2, 0.25) is 0 Å². The summed E-state index contributed by atoms with van der Waals surface area (Å²) in [4.78, 5) is 7.11. The molecule has 1 aliphatic rings. The highest BCUT2D eigenvalue weighted by atomic mass is 16.5. The van der Waals surface area contributed by atoms with Gasteiger partial charge in [0, 0.05) is 22.3 Å². The van der Waals surface area contributed by atoms with Crippen LogP contribution in [0.3, 0.4) is 0 Å². The van der Waals surface area contributed by atoms with Gasteiger partial charge in [-0.25, -0.2) is 0 Å². The van der Waals surface area contributed by atoms with Crippen LogP contribution in [0.15, 0.2) is 89.9 Å². The molecule has 0 aromatic heterocycles. The van der Waals surface area contributed by atoms with E-state index in [0.29, 0.717) is 17.0 Å². The highest BCUT2D eigenvalue weighted by Crippen LogP contribution is 2.43. The van der Waals surface area contributed by atoms with Crippen molar-refractivity contribution < 1.29 is 5.21 Å². The van der Waals surface area contributed by atoms with Gasteiger partial charge in [-0.05, 0) is 93.7 Å². The SMILES string of the molecule is CC1(C)N=C(c2ccc(N(c3ccc(C#N)cc3)c3ccc(C#N)cc3)c3ccccc23)N([OH2+])C1(C)C. The van der Waals surface area contributed by atoms with Crippen molar-refractivity contribution in [3.05, 3.63) is 102 Å². The summed E-state index contributed by atoms with van der Waals surface area (Å²) in [5.74, 6) is 0.654. The Hall–Kier alpha value is -4.65. The van der Waals surface area contributed by atoms with Crippen LogP contribution in [-0.4, -0.2) is 27.2 Å². The lowest BCUT2D eigenvalue weighted by Crippen LogP contribution is -2.51. The quantitative estimate of drug-likeness (QED) is 0.316. The predicted octanol–water partition coefficient (Wildman–Crippen LogP) is 6.31. The van der Waals surface area contributed by atoms with Gasteiger partial charge in [-0.15, -0.1) is 5.06 Å². The van der Waals surface area contributed by atoms with Crippen molar-refractivity contribution in [1.82, 2.24) is 5.06 Å². The number of benzene rings is 4. The van der Waals surface area contributed by atoms with Gasteiger partial charge in [-0.3, -0.25) is 4.99 Å². The summed E-state index contributed by atoms with van der Waals surface area (Å²) in [6, 6.07) is 31.5. The van der Waals surface area contributed by atoms with Crippen LogP contribution in [0, 0.1) is 22.7 Å². The molecule has 4 aromatic rings. The fourth-order valence-electron chi connectivity index (χ4n) is 4.64. The summed E-state index contributed by atoms with van der Waals surface area (Å²) in [5.41, 5.74) is 3.94. The molecule has 0 radical (unpaired) electrons. The van der Waals surface area contributed by atoms with Crippen LogP contribution in [-0.2, 0) is 0 Å². The molecule has 182 valence electrons. The Labute approximate surface area is 216 Å². The zero-order valence-electron chi connectivity index (χ0n) is 21.3. The molecule has 1 heterocycles. The lowest BCUT2D eigenvalue weighted by molar-refractivity contribution is -0.0991. The smallest absolute Gasteiger partial charge is 0.201 e. The third kappa shape index (κ3) is 3.89. The number of fused-ring (bicyclic) bond motifs is 1. The molecule has 6 nitrogen and oxygen atoms in total. The van der Waals surface area contributed by atoms with Gasteiger partial charge in [0.15, 0.2) is 0 Å². The Morgan fingerprint density at radius 3 is 1.70 bits per heavy atom. The molecule has 0 aliphatic carbocycles. The van der Waals surface area contributed by atoms with E-state index < -0.39 is 11.1 Å². The Bertz CT molecular complexity index is 1550. The summed E-state index contributed by atoms with van der Waals surface area (Å²) < 4.78 is 0. The molecule has 0 amide bonds. The van der Waals surface area contributed by atoms with Crippen LogP contribution < -0.4 is 4.90 Å². The summed E-state index contributed by atoms with van der Waals surface area (Å²) >= 11 is 0. The second kappa shape index (κ2) is 8.78. The molecule has 0 spiro atoms. The molecule has 0 saturated carbocycles. The minimum Gasteiger partial charge on any atom is -0.310 e. The first-order valence-corrected chi connectivity index (χ1v) is 12.1. The number of nitriles is 2. The van der Waals surface area contributed by atoms with Gasteiger partial charge in [-0.1, -0.05) is 24.3 Å². The highest BCUT2D eigenvalue weighted by molar-refractivity contribution is 6.14. The number of anilines is 3. The van der Waals surface area contributed by atoms with Crippen LogP contribution in [0.1, 0.15) is 44.4 Å². The van der Waals surface area contributed by atoms with E-state index >= 15 is 0 Å². The molecular weight excluding hydrogens is 458 g/mol. The van der Waals surface area contributed by atoms with Crippen molar-refractivity contribution in [2.45, 2.75) is 38.8 Å². The van der Waals surface area contributed by atoms with Gasteiger partial charge in [0.1, 0.15) is 5.54 Å². The zero-order valence-corrected chi connectivity index (χ0v) is 21.3. The summed E-state index contributed by atoms with van der Waals surface area (Å²) in [7, 11) is 0. The predicted molar refractivity (Wildman–Crippen MR) is 148 cm³/mol. The van der Waals surface area contributed by atoms with Crippen molar-refractivity contribution in [2.24, 2.45) is 4.99 Å². The number of rotatable bonds is 4. The summed E-state index contributed by atoms with van der Waals surface area (Å²) in [5, 5.41) is 31.0. The molecule has 2 N–H and O–H groups in total. The first kappa shape index (κ1) is 24.1. The summed E-state index contributed by atoms with van der Waals surface area (Å²) in [6.45, 7) is 8.22. The second-order valence-electron chi connectivity index (χ2n) is 10.2. The fourth-order valence-corrected chi connectivity index (χ4v) is 4.64. The molecular formula is C31H28N5O+. The minimum absolute atomic E-state index is 0.416. The van der Waals surface area contributed by atoms with E-state index in [4.69, 9.17) is 10.2 Å². The van der Waals surface area contributed by atoms with E-state index in [1.807, 2.05) is 56.3 Å². The molecule has 0 bridgehead atoms. The van der Waals surface area contributed by atoms with Crippen LogP contribution in [0.25, 0.3) is 10.8 Å². The molecule has 0 unspecified atom stereocenters. The highest BCUT2D eigenvalue weighted by Gasteiger charge is 2.52. The van der Waals surface area contributed by atoms with Crippen molar-refractivity contribution in [1.29, 1.82) is 10.5 Å².